The molecule has 2 aromatic rings. The van der Waals surface area contributed by atoms with Gasteiger partial charge in [-0.05, 0) is 25.0 Å². The van der Waals surface area contributed by atoms with Crippen molar-refractivity contribution in [2.45, 2.75) is 30.1 Å². The first-order valence-electron chi connectivity index (χ1n) is 8.66. The summed E-state index contributed by atoms with van der Waals surface area (Å²) < 4.78 is 80.4. The molecule has 0 saturated carbocycles. The minimum atomic E-state index is -4.23. The second kappa shape index (κ2) is 8.27. The fraction of sp³-hybridized carbons (Fsp3) is 0.333. The number of hydrogen-bond acceptors (Lipinski definition) is 5. The molecule has 3 N–H and O–H groups in total. The molecule has 1 atom stereocenters. The van der Waals surface area contributed by atoms with E-state index >= 15 is 0 Å². The highest BCUT2D eigenvalue weighted by Gasteiger charge is 2.31. The molecule has 0 bridgehead atoms. The first-order valence-corrected chi connectivity index (χ1v) is 10.1. The predicted molar refractivity (Wildman–Crippen MR) is 95.3 cm³/mol. The van der Waals surface area contributed by atoms with Crippen LogP contribution in [0.15, 0.2) is 35.2 Å². The Bertz CT molecular complexity index is 988. The van der Waals surface area contributed by atoms with Crippen molar-refractivity contribution < 1.29 is 36.2 Å². The lowest BCUT2D eigenvalue weighted by molar-refractivity contribution is 0.113. The summed E-state index contributed by atoms with van der Waals surface area (Å²) in [7, 11) is -4.23. The van der Waals surface area contributed by atoms with Crippen LogP contribution < -0.4 is 5.32 Å². The normalized spacial score (nSPS) is 17.3. The molecule has 11 heteroatoms. The van der Waals surface area contributed by atoms with E-state index in [1.807, 2.05) is 0 Å². The molecule has 1 unspecified atom stereocenters. The number of benzene rings is 2. The van der Waals surface area contributed by atoms with Crippen molar-refractivity contribution in [2.24, 2.45) is 0 Å². The number of anilines is 1. The largest absolute Gasteiger partial charge is 0.393 e. The fourth-order valence-electron chi connectivity index (χ4n) is 2.99. The molecule has 1 fully saturated rings. The van der Waals surface area contributed by atoms with Gasteiger partial charge >= 0.3 is 0 Å². The second-order valence-electron chi connectivity index (χ2n) is 6.63. The van der Waals surface area contributed by atoms with Crippen LogP contribution >= 0.6 is 0 Å². The third-order valence-electron chi connectivity index (χ3n) is 4.60. The van der Waals surface area contributed by atoms with Crippen molar-refractivity contribution in [3.63, 3.8) is 0 Å². The summed E-state index contributed by atoms with van der Waals surface area (Å²) in [5, 5.41) is 22.1. The maximum atomic E-state index is 14.2. The van der Waals surface area contributed by atoms with Crippen LogP contribution in [-0.2, 0) is 10.0 Å². The summed E-state index contributed by atoms with van der Waals surface area (Å²) in [5.74, 6) is -5.67. The van der Waals surface area contributed by atoms with Gasteiger partial charge in [0.1, 0.15) is 10.7 Å². The number of nitrogens with zero attached hydrogens (tertiary/aromatic N) is 1. The Balaban J connectivity index is 1.86. The number of nitrogens with one attached hydrogen (secondary N) is 1. The van der Waals surface area contributed by atoms with E-state index < -0.39 is 50.5 Å². The molecule has 0 radical (unpaired) electrons. The van der Waals surface area contributed by atoms with Gasteiger partial charge in [0, 0.05) is 36.5 Å². The van der Waals surface area contributed by atoms with Gasteiger partial charge in [-0.25, -0.2) is 26.0 Å². The monoisotopic (exact) mass is 434 g/mol. The van der Waals surface area contributed by atoms with Crippen molar-refractivity contribution in [2.75, 3.05) is 18.4 Å². The van der Waals surface area contributed by atoms with E-state index in [1.165, 1.54) is 0 Å². The highest BCUT2D eigenvalue weighted by Crippen LogP contribution is 2.27. The summed E-state index contributed by atoms with van der Waals surface area (Å²) in [6.07, 6.45) is -1.85. The smallest absolute Gasteiger partial charge is 0.245 e. The van der Waals surface area contributed by atoms with Crippen LogP contribution in [0.5, 0.6) is 0 Å². The maximum Gasteiger partial charge on any atom is 0.245 e. The zero-order valence-electron chi connectivity index (χ0n) is 14.9. The molecule has 0 aromatic heterocycles. The van der Waals surface area contributed by atoms with Crippen LogP contribution in [-0.4, -0.2) is 42.1 Å². The number of rotatable bonds is 5. The van der Waals surface area contributed by atoms with Gasteiger partial charge in [-0.3, -0.25) is 0 Å². The van der Waals surface area contributed by atoms with Crippen LogP contribution in [0.4, 0.5) is 23.2 Å². The number of halogens is 4. The molecule has 3 rings (SSSR count). The zero-order chi connectivity index (χ0) is 21.3. The summed E-state index contributed by atoms with van der Waals surface area (Å²) in [6, 6.07) is 4.08. The van der Waals surface area contributed by atoms with Gasteiger partial charge in [0.2, 0.25) is 10.0 Å². The molecule has 0 aliphatic carbocycles. The van der Waals surface area contributed by atoms with Gasteiger partial charge in [0.25, 0.3) is 0 Å². The molecular weight excluding hydrogens is 416 g/mol. The van der Waals surface area contributed by atoms with E-state index in [1.54, 1.807) is 0 Å². The molecule has 0 amide bonds. The Labute approximate surface area is 164 Å². The lowest BCUT2D eigenvalue weighted by Crippen LogP contribution is -2.40. The van der Waals surface area contributed by atoms with Crippen molar-refractivity contribution >= 4 is 15.7 Å². The highest BCUT2D eigenvalue weighted by molar-refractivity contribution is 7.89. The molecule has 1 saturated heterocycles. The molecule has 6 nitrogen and oxygen atoms in total. The van der Waals surface area contributed by atoms with E-state index in [0.29, 0.717) is 12.1 Å². The quantitative estimate of drug-likeness (QED) is 0.382. The minimum Gasteiger partial charge on any atom is -0.393 e. The predicted octanol–water partition coefficient (Wildman–Crippen LogP) is 2.49. The van der Waals surface area contributed by atoms with Crippen LogP contribution in [0.1, 0.15) is 24.6 Å². The summed E-state index contributed by atoms with van der Waals surface area (Å²) in [4.78, 5) is -0.677. The fourth-order valence-corrected chi connectivity index (χ4v) is 4.56. The molecule has 29 heavy (non-hydrogen) atoms. The number of aliphatic hydroxyl groups excluding tert-OH is 2. The third-order valence-corrected chi connectivity index (χ3v) is 6.51. The van der Waals surface area contributed by atoms with Crippen LogP contribution in [0, 0.1) is 23.3 Å². The number of sulfonamides is 1. The topological polar surface area (TPSA) is 89.9 Å². The van der Waals surface area contributed by atoms with Crippen molar-refractivity contribution in [3.05, 3.63) is 59.2 Å². The average Bonchev–Trinajstić information content (AvgIpc) is 2.66. The van der Waals surface area contributed by atoms with Gasteiger partial charge in [0.05, 0.1) is 6.10 Å². The number of aliphatic hydroxyl groups is 2. The van der Waals surface area contributed by atoms with Crippen LogP contribution in [0.2, 0.25) is 0 Å². The summed E-state index contributed by atoms with van der Waals surface area (Å²) >= 11 is 0. The standard InChI is InChI=1S/C18H18F4N2O4S/c19-13-2-1-10(18(26)23-11-8-14(20)17(22)15(21)9-11)7-16(13)29(27,28)24-5-3-12(25)4-6-24/h1-2,7-9,12,18,23,25-26H,3-6H2. The Hall–Kier alpha value is -2.21. The van der Waals surface area contributed by atoms with E-state index in [-0.39, 0.29) is 37.2 Å². The first-order chi connectivity index (χ1) is 13.6. The summed E-state index contributed by atoms with van der Waals surface area (Å²) in [6.45, 7) is 0.0320. The number of hydrogen-bond donors (Lipinski definition) is 3. The molecular formula is C18H18F4N2O4S. The Kier molecular flexibility index (Phi) is 6.13. The first kappa shape index (κ1) is 21.5. The van der Waals surface area contributed by atoms with E-state index in [2.05, 4.69) is 5.32 Å². The van der Waals surface area contributed by atoms with Crippen LogP contribution in [0.3, 0.4) is 0 Å². The number of piperidine rings is 1. The van der Waals surface area contributed by atoms with Gasteiger partial charge in [0.15, 0.2) is 23.7 Å². The molecule has 1 heterocycles. The minimum absolute atomic E-state index is 0.0160. The Morgan fingerprint density at radius 2 is 1.59 bits per heavy atom. The van der Waals surface area contributed by atoms with Gasteiger partial charge in [-0.15, -0.1) is 0 Å². The van der Waals surface area contributed by atoms with Gasteiger partial charge in [-0.1, -0.05) is 6.07 Å². The summed E-state index contributed by atoms with van der Waals surface area (Å²) in [5.41, 5.74) is -0.389. The van der Waals surface area contributed by atoms with Gasteiger partial charge < -0.3 is 15.5 Å². The molecule has 1 aliphatic heterocycles. The molecule has 0 spiro atoms. The van der Waals surface area contributed by atoms with E-state index in [4.69, 9.17) is 0 Å². The second-order valence-corrected chi connectivity index (χ2v) is 8.53. The molecule has 2 aromatic carbocycles. The van der Waals surface area contributed by atoms with Crippen molar-refractivity contribution in [3.8, 4) is 0 Å². The van der Waals surface area contributed by atoms with E-state index in [9.17, 15) is 36.2 Å². The lowest BCUT2D eigenvalue weighted by Gasteiger charge is -2.29. The SMILES string of the molecule is O=S(=O)(c1cc(C(O)Nc2cc(F)c(F)c(F)c2)ccc1F)N1CCC(O)CC1. The molecule has 1 aliphatic rings. The van der Waals surface area contributed by atoms with Gasteiger partial charge in [-0.2, -0.15) is 4.31 Å². The van der Waals surface area contributed by atoms with Crippen molar-refractivity contribution in [1.29, 1.82) is 0 Å². The molecule has 158 valence electrons. The Morgan fingerprint density at radius 3 is 2.17 bits per heavy atom. The van der Waals surface area contributed by atoms with Crippen molar-refractivity contribution in [1.82, 2.24) is 4.31 Å². The van der Waals surface area contributed by atoms with Crippen LogP contribution in [0.25, 0.3) is 0 Å². The third kappa shape index (κ3) is 4.53. The average molecular weight is 434 g/mol. The Morgan fingerprint density at radius 1 is 1.00 bits per heavy atom. The zero-order valence-corrected chi connectivity index (χ0v) is 15.8. The maximum absolute atomic E-state index is 14.2. The highest BCUT2D eigenvalue weighted by atomic mass is 32.2. The van der Waals surface area contributed by atoms with E-state index in [0.717, 1.165) is 22.5 Å². The lowest BCUT2D eigenvalue weighted by atomic mass is 10.1.